The van der Waals surface area contributed by atoms with Crippen LogP contribution in [0.5, 0.6) is 0 Å². The van der Waals surface area contributed by atoms with Crippen LogP contribution in [0.25, 0.3) is 0 Å². The van der Waals surface area contributed by atoms with Gasteiger partial charge in [-0.25, -0.2) is 0 Å². The zero-order valence-electron chi connectivity index (χ0n) is 10.9. The van der Waals surface area contributed by atoms with Crippen molar-refractivity contribution in [3.05, 3.63) is 0 Å². The van der Waals surface area contributed by atoms with Crippen molar-refractivity contribution < 1.29 is 0 Å². The van der Waals surface area contributed by atoms with Gasteiger partial charge in [-0.2, -0.15) is 0 Å². The van der Waals surface area contributed by atoms with Gasteiger partial charge in [0, 0.05) is 18.6 Å². The maximum absolute atomic E-state index is 3.70. The second-order valence-electron chi connectivity index (χ2n) is 5.28. The lowest BCUT2D eigenvalue weighted by Gasteiger charge is -2.28. The van der Waals surface area contributed by atoms with Gasteiger partial charge in [0.05, 0.1) is 0 Å². The molecule has 15 heavy (non-hydrogen) atoms. The van der Waals surface area contributed by atoms with Crippen LogP contribution in [0.15, 0.2) is 0 Å². The van der Waals surface area contributed by atoms with Gasteiger partial charge in [-0.05, 0) is 52.6 Å². The Morgan fingerprint density at radius 2 is 2.07 bits per heavy atom. The van der Waals surface area contributed by atoms with E-state index >= 15 is 0 Å². The zero-order chi connectivity index (χ0) is 11.3. The van der Waals surface area contributed by atoms with Crippen LogP contribution < -0.4 is 5.32 Å². The van der Waals surface area contributed by atoms with E-state index in [1.54, 1.807) is 0 Å². The minimum Gasteiger partial charge on any atom is -0.314 e. The molecular formula is C13H28N2. The molecular weight excluding hydrogens is 184 g/mol. The molecule has 0 radical (unpaired) electrons. The quantitative estimate of drug-likeness (QED) is 0.728. The molecule has 0 bridgehead atoms. The van der Waals surface area contributed by atoms with Gasteiger partial charge < -0.3 is 10.2 Å². The summed E-state index contributed by atoms with van der Waals surface area (Å²) < 4.78 is 0. The first-order valence-corrected chi connectivity index (χ1v) is 6.58. The average Bonchev–Trinajstić information content (AvgIpc) is 2.62. The summed E-state index contributed by atoms with van der Waals surface area (Å²) >= 11 is 0. The fourth-order valence-electron chi connectivity index (χ4n) is 2.43. The van der Waals surface area contributed by atoms with E-state index in [0.717, 1.165) is 12.0 Å². The number of nitrogens with zero attached hydrogens (tertiary/aromatic N) is 1. The summed E-state index contributed by atoms with van der Waals surface area (Å²) in [4.78, 5) is 2.48. The van der Waals surface area contributed by atoms with Crippen LogP contribution in [0.2, 0.25) is 0 Å². The number of hydrogen-bond donors (Lipinski definition) is 1. The Hall–Kier alpha value is -0.0800. The standard InChI is InChI=1S/C13H28N2/c1-5-9-14-13-8-6-7-12(13)10-15(4)11(2)3/h11-14H,5-10H2,1-4H3. The highest BCUT2D eigenvalue weighted by atomic mass is 15.1. The van der Waals surface area contributed by atoms with Gasteiger partial charge in [-0.1, -0.05) is 13.3 Å². The maximum Gasteiger partial charge on any atom is 0.0107 e. The van der Waals surface area contributed by atoms with Crippen LogP contribution in [0, 0.1) is 5.92 Å². The van der Waals surface area contributed by atoms with Crippen LogP contribution in [0.3, 0.4) is 0 Å². The molecule has 2 nitrogen and oxygen atoms in total. The van der Waals surface area contributed by atoms with E-state index in [2.05, 4.69) is 38.0 Å². The Morgan fingerprint density at radius 3 is 2.67 bits per heavy atom. The lowest BCUT2D eigenvalue weighted by Crippen LogP contribution is -2.40. The molecule has 2 heteroatoms. The molecule has 0 spiro atoms. The lowest BCUT2D eigenvalue weighted by atomic mass is 10.0. The average molecular weight is 212 g/mol. The van der Waals surface area contributed by atoms with Gasteiger partial charge in [0.2, 0.25) is 0 Å². The molecule has 2 atom stereocenters. The molecule has 90 valence electrons. The normalized spacial score (nSPS) is 26.8. The van der Waals surface area contributed by atoms with E-state index in [4.69, 9.17) is 0 Å². The maximum atomic E-state index is 3.70. The van der Waals surface area contributed by atoms with Crippen molar-refractivity contribution in [1.82, 2.24) is 10.2 Å². The second kappa shape index (κ2) is 6.49. The van der Waals surface area contributed by atoms with E-state index in [0.29, 0.717) is 6.04 Å². The summed E-state index contributed by atoms with van der Waals surface area (Å²) in [5, 5.41) is 3.70. The monoisotopic (exact) mass is 212 g/mol. The number of nitrogens with one attached hydrogen (secondary N) is 1. The van der Waals surface area contributed by atoms with Crippen molar-refractivity contribution in [3.63, 3.8) is 0 Å². The van der Waals surface area contributed by atoms with Gasteiger partial charge in [-0.15, -0.1) is 0 Å². The molecule has 2 unspecified atom stereocenters. The largest absolute Gasteiger partial charge is 0.314 e. The van der Waals surface area contributed by atoms with E-state index in [1.165, 1.54) is 38.8 Å². The summed E-state index contributed by atoms with van der Waals surface area (Å²) in [6.45, 7) is 9.26. The Morgan fingerprint density at radius 1 is 1.33 bits per heavy atom. The number of hydrogen-bond acceptors (Lipinski definition) is 2. The molecule has 1 N–H and O–H groups in total. The smallest absolute Gasteiger partial charge is 0.0107 e. The van der Waals surface area contributed by atoms with Crippen molar-refractivity contribution in [2.24, 2.45) is 5.92 Å². The third-order valence-electron chi connectivity index (χ3n) is 3.72. The predicted octanol–water partition coefficient (Wildman–Crippen LogP) is 2.49. The van der Waals surface area contributed by atoms with Gasteiger partial charge in [0.1, 0.15) is 0 Å². The molecule has 0 aliphatic heterocycles. The fraction of sp³-hybridized carbons (Fsp3) is 1.00. The van der Waals surface area contributed by atoms with Crippen LogP contribution >= 0.6 is 0 Å². The van der Waals surface area contributed by atoms with E-state index in [1.807, 2.05) is 0 Å². The third-order valence-corrected chi connectivity index (χ3v) is 3.72. The minimum atomic E-state index is 0.678. The molecule has 0 amide bonds. The van der Waals surface area contributed by atoms with Crippen LogP contribution in [0.4, 0.5) is 0 Å². The summed E-state index contributed by atoms with van der Waals surface area (Å²) in [5.41, 5.74) is 0. The first-order valence-electron chi connectivity index (χ1n) is 6.58. The van der Waals surface area contributed by atoms with Gasteiger partial charge in [0.25, 0.3) is 0 Å². The minimum absolute atomic E-state index is 0.678. The summed E-state index contributed by atoms with van der Waals surface area (Å²) in [6, 6.07) is 1.46. The van der Waals surface area contributed by atoms with Gasteiger partial charge in [0.15, 0.2) is 0 Å². The third kappa shape index (κ3) is 4.12. The highest BCUT2D eigenvalue weighted by Crippen LogP contribution is 2.26. The molecule has 1 fully saturated rings. The zero-order valence-corrected chi connectivity index (χ0v) is 10.9. The van der Waals surface area contributed by atoms with Crippen LogP contribution in [-0.2, 0) is 0 Å². The summed E-state index contributed by atoms with van der Waals surface area (Å²) in [7, 11) is 2.25. The van der Waals surface area contributed by atoms with Crippen molar-refractivity contribution in [3.8, 4) is 0 Å². The Kier molecular flexibility index (Phi) is 5.62. The van der Waals surface area contributed by atoms with E-state index in [-0.39, 0.29) is 0 Å². The second-order valence-corrected chi connectivity index (χ2v) is 5.28. The van der Waals surface area contributed by atoms with Crippen molar-refractivity contribution in [2.45, 2.75) is 58.5 Å². The lowest BCUT2D eigenvalue weighted by molar-refractivity contribution is 0.213. The molecule has 0 aromatic carbocycles. The van der Waals surface area contributed by atoms with Gasteiger partial charge >= 0.3 is 0 Å². The molecule has 1 saturated carbocycles. The summed E-state index contributed by atoms with van der Waals surface area (Å²) in [6.07, 6.45) is 5.47. The first-order chi connectivity index (χ1) is 7.15. The summed E-state index contributed by atoms with van der Waals surface area (Å²) in [5.74, 6) is 0.879. The Balaban J connectivity index is 2.32. The predicted molar refractivity (Wildman–Crippen MR) is 67.2 cm³/mol. The fourth-order valence-corrected chi connectivity index (χ4v) is 2.43. The molecule has 0 heterocycles. The van der Waals surface area contributed by atoms with E-state index in [9.17, 15) is 0 Å². The molecule has 1 aliphatic rings. The Labute approximate surface area is 95.4 Å². The first kappa shape index (κ1) is 13.0. The van der Waals surface area contributed by atoms with Crippen molar-refractivity contribution in [2.75, 3.05) is 20.1 Å². The topological polar surface area (TPSA) is 15.3 Å². The SMILES string of the molecule is CCCNC1CCCC1CN(C)C(C)C. The molecule has 1 aliphatic carbocycles. The molecule has 0 saturated heterocycles. The molecule has 1 rings (SSSR count). The highest BCUT2D eigenvalue weighted by molar-refractivity contribution is 4.85. The highest BCUT2D eigenvalue weighted by Gasteiger charge is 2.27. The van der Waals surface area contributed by atoms with Gasteiger partial charge in [-0.3, -0.25) is 0 Å². The molecule has 0 aromatic rings. The van der Waals surface area contributed by atoms with E-state index < -0.39 is 0 Å². The van der Waals surface area contributed by atoms with Crippen LogP contribution in [0.1, 0.15) is 46.5 Å². The Bertz CT molecular complexity index is 168. The van der Waals surface area contributed by atoms with Crippen LogP contribution in [-0.4, -0.2) is 37.1 Å². The molecule has 0 aromatic heterocycles. The number of rotatable bonds is 6. The van der Waals surface area contributed by atoms with Crippen molar-refractivity contribution in [1.29, 1.82) is 0 Å². The van der Waals surface area contributed by atoms with Crippen molar-refractivity contribution >= 4 is 0 Å².